The fourth-order valence-corrected chi connectivity index (χ4v) is 4.77. The summed E-state index contributed by atoms with van der Waals surface area (Å²) in [5, 5.41) is 22.7. The van der Waals surface area contributed by atoms with Crippen LogP contribution in [0.4, 0.5) is 5.95 Å². The maximum atomic E-state index is 13.8. The highest BCUT2D eigenvalue weighted by Crippen LogP contribution is 2.32. The van der Waals surface area contributed by atoms with Crippen LogP contribution in [0, 0.1) is 0 Å². The zero-order valence-electron chi connectivity index (χ0n) is 19.0. The van der Waals surface area contributed by atoms with E-state index >= 15 is 0 Å². The lowest BCUT2D eigenvalue weighted by Gasteiger charge is -2.31. The summed E-state index contributed by atoms with van der Waals surface area (Å²) in [4.78, 5) is 23.0. The zero-order chi connectivity index (χ0) is 24.2. The zero-order valence-corrected chi connectivity index (χ0v) is 19.0. The van der Waals surface area contributed by atoms with Gasteiger partial charge in [0.25, 0.3) is 5.91 Å². The van der Waals surface area contributed by atoms with Gasteiger partial charge in [0.1, 0.15) is 0 Å². The molecule has 1 saturated carbocycles. The molecule has 11 heteroatoms. The van der Waals surface area contributed by atoms with Crippen LogP contribution in [0.3, 0.4) is 0 Å². The minimum absolute atomic E-state index is 0.106. The number of rotatable bonds is 5. The van der Waals surface area contributed by atoms with Crippen molar-refractivity contribution in [1.29, 1.82) is 0 Å². The SMILES string of the molecule is CC(C(=O)N[C@H]1CC[C@@H](O)C1)(c1ccccc1)n1ncc2c1nc(N)n1nc(-c3ccco3)nc21. The quantitative estimate of drug-likeness (QED) is 0.352. The van der Waals surface area contributed by atoms with E-state index < -0.39 is 11.6 Å². The van der Waals surface area contributed by atoms with Crippen molar-refractivity contribution < 1.29 is 14.3 Å². The first-order chi connectivity index (χ1) is 16.9. The number of hydrogen-bond donors (Lipinski definition) is 3. The van der Waals surface area contributed by atoms with E-state index in [1.54, 1.807) is 36.2 Å². The van der Waals surface area contributed by atoms with Crippen molar-refractivity contribution in [2.24, 2.45) is 0 Å². The van der Waals surface area contributed by atoms with Gasteiger partial charge in [-0.15, -0.1) is 5.10 Å². The van der Waals surface area contributed by atoms with Crippen LogP contribution in [-0.4, -0.2) is 52.5 Å². The summed E-state index contributed by atoms with van der Waals surface area (Å²) < 4.78 is 8.45. The number of fused-ring (bicyclic) bond motifs is 3. The van der Waals surface area contributed by atoms with E-state index in [1.165, 1.54) is 4.52 Å². The molecule has 4 aromatic heterocycles. The number of nitrogen functional groups attached to an aromatic ring is 1. The number of benzene rings is 1. The number of furan rings is 1. The molecule has 1 unspecified atom stereocenters. The molecule has 35 heavy (non-hydrogen) atoms. The molecule has 4 N–H and O–H groups in total. The molecule has 11 nitrogen and oxygen atoms in total. The van der Waals surface area contributed by atoms with Crippen LogP contribution in [0.25, 0.3) is 28.3 Å². The van der Waals surface area contributed by atoms with Crippen molar-refractivity contribution in [3.05, 3.63) is 60.5 Å². The van der Waals surface area contributed by atoms with Gasteiger partial charge in [-0.1, -0.05) is 30.3 Å². The van der Waals surface area contributed by atoms with Crippen LogP contribution in [0.5, 0.6) is 0 Å². The molecular formula is C24H24N8O3. The lowest BCUT2D eigenvalue weighted by molar-refractivity contribution is -0.128. The monoisotopic (exact) mass is 472 g/mol. The highest BCUT2D eigenvalue weighted by Gasteiger charge is 2.41. The van der Waals surface area contributed by atoms with E-state index in [9.17, 15) is 9.90 Å². The van der Waals surface area contributed by atoms with Crippen molar-refractivity contribution in [3.63, 3.8) is 0 Å². The summed E-state index contributed by atoms with van der Waals surface area (Å²) in [5.41, 5.74) is 6.63. The second-order valence-electron chi connectivity index (χ2n) is 8.99. The normalized spacial score (nSPS) is 19.8. The average Bonchev–Trinajstić information content (AvgIpc) is 3.65. The molecule has 3 atom stereocenters. The Bertz CT molecular complexity index is 1520. The predicted octanol–water partition coefficient (Wildman–Crippen LogP) is 2.11. The van der Waals surface area contributed by atoms with Gasteiger partial charge in [0.15, 0.2) is 22.6 Å². The summed E-state index contributed by atoms with van der Waals surface area (Å²) in [6.07, 6.45) is 4.67. The third-order valence-corrected chi connectivity index (χ3v) is 6.71. The Kier molecular flexibility index (Phi) is 4.81. The molecule has 1 amide bonds. The lowest BCUT2D eigenvalue weighted by atomic mass is 9.90. The Hall–Kier alpha value is -4.25. The highest BCUT2D eigenvalue weighted by atomic mass is 16.3. The van der Waals surface area contributed by atoms with Crippen LogP contribution < -0.4 is 11.1 Å². The van der Waals surface area contributed by atoms with Gasteiger partial charge >= 0.3 is 0 Å². The predicted molar refractivity (Wildman–Crippen MR) is 127 cm³/mol. The largest absolute Gasteiger partial charge is 0.461 e. The van der Waals surface area contributed by atoms with E-state index in [1.807, 2.05) is 30.3 Å². The molecule has 0 saturated heterocycles. The third kappa shape index (κ3) is 3.35. The number of aliphatic hydroxyl groups is 1. The van der Waals surface area contributed by atoms with Gasteiger partial charge in [-0.2, -0.15) is 14.6 Å². The second kappa shape index (κ2) is 7.91. The molecule has 1 aliphatic carbocycles. The first-order valence-corrected chi connectivity index (χ1v) is 11.4. The van der Waals surface area contributed by atoms with Gasteiger partial charge in [-0.25, -0.2) is 9.67 Å². The van der Waals surface area contributed by atoms with E-state index in [4.69, 9.17) is 10.2 Å². The fourth-order valence-electron chi connectivity index (χ4n) is 4.77. The molecule has 6 rings (SSSR count). The number of aliphatic hydroxyl groups excluding tert-OH is 1. The van der Waals surface area contributed by atoms with Crippen LogP contribution in [0.15, 0.2) is 59.3 Å². The number of nitrogens with zero attached hydrogens (tertiary/aromatic N) is 6. The highest BCUT2D eigenvalue weighted by molar-refractivity contribution is 5.94. The minimum Gasteiger partial charge on any atom is -0.461 e. The molecule has 1 fully saturated rings. The van der Waals surface area contributed by atoms with Crippen molar-refractivity contribution >= 4 is 28.5 Å². The Balaban J connectivity index is 1.51. The molecule has 4 heterocycles. The number of nitrogens with two attached hydrogens (primary N) is 1. The topological polar surface area (TPSA) is 149 Å². The number of carbonyl (C=O) groups excluding carboxylic acids is 1. The van der Waals surface area contributed by atoms with E-state index in [-0.39, 0.29) is 17.9 Å². The number of anilines is 1. The van der Waals surface area contributed by atoms with Crippen molar-refractivity contribution in [2.45, 2.75) is 43.9 Å². The summed E-state index contributed by atoms with van der Waals surface area (Å²) >= 11 is 0. The second-order valence-corrected chi connectivity index (χ2v) is 8.99. The van der Waals surface area contributed by atoms with Gasteiger partial charge in [0.2, 0.25) is 11.8 Å². The number of hydrogen-bond acceptors (Lipinski definition) is 8. The molecule has 0 radical (unpaired) electrons. The summed E-state index contributed by atoms with van der Waals surface area (Å²) in [7, 11) is 0. The standard InChI is InChI=1S/C24H24N8O3/c1-24(14-6-3-2-4-7-14,22(34)27-15-9-10-16(33)12-15)32-21-17(13-26-32)20-28-19(18-8-5-11-35-18)30-31(20)23(25)29-21/h2-8,11,13,15-16,33H,9-10,12H2,1H3,(H2,25,29)(H,27,34)/t15-,16+,24?/m0/s1. The first-order valence-electron chi connectivity index (χ1n) is 11.4. The summed E-state index contributed by atoms with van der Waals surface area (Å²) in [5.74, 6) is 0.730. The molecule has 178 valence electrons. The van der Waals surface area contributed by atoms with Crippen LogP contribution in [0.2, 0.25) is 0 Å². The van der Waals surface area contributed by atoms with Gasteiger partial charge in [-0.3, -0.25) is 4.79 Å². The minimum atomic E-state index is -1.24. The molecule has 0 aliphatic heterocycles. The number of carbonyl (C=O) groups is 1. The van der Waals surface area contributed by atoms with Crippen molar-refractivity contribution in [1.82, 2.24) is 34.7 Å². The number of amides is 1. The molecule has 5 aromatic rings. The average molecular weight is 473 g/mol. The van der Waals surface area contributed by atoms with Crippen LogP contribution >= 0.6 is 0 Å². The van der Waals surface area contributed by atoms with Gasteiger partial charge in [0.05, 0.1) is 24.0 Å². The van der Waals surface area contributed by atoms with E-state index in [2.05, 4.69) is 25.5 Å². The van der Waals surface area contributed by atoms with E-state index in [0.29, 0.717) is 41.1 Å². The molecule has 0 spiro atoms. The molecule has 0 bridgehead atoms. The maximum Gasteiger partial charge on any atom is 0.252 e. The van der Waals surface area contributed by atoms with E-state index in [0.717, 1.165) is 12.0 Å². The van der Waals surface area contributed by atoms with Crippen molar-refractivity contribution in [2.75, 3.05) is 5.73 Å². The van der Waals surface area contributed by atoms with Gasteiger partial charge in [-0.05, 0) is 43.9 Å². The lowest BCUT2D eigenvalue weighted by Crippen LogP contribution is -2.50. The molecule has 1 aliphatic rings. The first kappa shape index (κ1) is 21.3. The maximum absolute atomic E-state index is 13.8. The Morgan fingerprint density at radius 3 is 2.71 bits per heavy atom. The molecular weight excluding hydrogens is 448 g/mol. The Morgan fingerprint density at radius 2 is 2.00 bits per heavy atom. The van der Waals surface area contributed by atoms with Gasteiger partial charge in [0, 0.05) is 6.04 Å². The van der Waals surface area contributed by atoms with Crippen molar-refractivity contribution in [3.8, 4) is 11.6 Å². The van der Waals surface area contributed by atoms with Crippen LogP contribution in [0.1, 0.15) is 31.7 Å². The smallest absolute Gasteiger partial charge is 0.252 e. The van der Waals surface area contributed by atoms with Gasteiger partial charge < -0.3 is 20.6 Å². The Labute approximate surface area is 199 Å². The van der Waals surface area contributed by atoms with Crippen LogP contribution in [-0.2, 0) is 10.3 Å². The Morgan fingerprint density at radius 1 is 1.17 bits per heavy atom. The third-order valence-electron chi connectivity index (χ3n) is 6.71. The fraction of sp³-hybridized carbons (Fsp3) is 0.292. The number of aromatic nitrogens is 6. The number of nitrogens with one attached hydrogen (secondary N) is 1. The molecule has 1 aromatic carbocycles. The summed E-state index contributed by atoms with van der Waals surface area (Å²) in [6, 6.07) is 12.8. The summed E-state index contributed by atoms with van der Waals surface area (Å²) in [6.45, 7) is 1.80.